The van der Waals surface area contributed by atoms with Gasteiger partial charge in [-0.05, 0) is 29.8 Å². The molecule has 1 aliphatic heterocycles. The van der Waals surface area contributed by atoms with Crippen molar-refractivity contribution in [3.05, 3.63) is 75.6 Å². The van der Waals surface area contributed by atoms with Crippen molar-refractivity contribution in [2.75, 3.05) is 26.2 Å². The van der Waals surface area contributed by atoms with Crippen molar-refractivity contribution in [3.8, 4) is 0 Å². The van der Waals surface area contributed by atoms with Gasteiger partial charge in [0.05, 0.1) is 11.3 Å². The van der Waals surface area contributed by atoms with Crippen LogP contribution in [0.5, 0.6) is 0 Å². The molecule has 0 atom stereocenters. The lowest BCUT2D eigenvalue weighted by atomic mass is 10.1. The minimum Gasteiger partial charge on any atom is -0.339 e. The molecule has 0 radical (unpaired) electrons. The Hall–Kier alpha value is -3.29. The topological polar surface area (TPSA) is 83.8 Å². The highest BCUT2D eigenvalue weighted by Crippen LogP contribution is 2.15. The van der Waals surface area contributed by atoms with Crippen LogP contribution in [0.2, 0.25) is 0 Å². The van der Waals surface area contributed by atoms with Crippen LogP contribution in [-0.2, 0) is 11.2 Å². The summed E-state index contributed by atoms with van der Waals surface area (Å²) in [5, 5.41) is 10.7. The molecule has 0 aromatic heterocycles. The molecule has 27 heavy (non-hydrogen) atoms. The maximum Gasteiger partial charge on any atom is 0.269 e. The van der Waals surface area contributed by atoms with Gasteiger partial charge in [0.15, 0.2) is 0 Å². The van der Waals surface area contributed by atoms with Gasteiger partial charge < -0.3 is 9.80 Å². The molecule has 1 fully saturated rings. The van der Waals surface area contributed by atoms with Crippen molar-refractivity contribution in [1.29, 1.82) is 0 Å². The van der Waals surface area contributed by atoms with Gasteiger partial charge in [-0.1, -0.05) is 12.1 Å². The van der Waals surface area contributed by atoms with Gasteiger partial charge in [0.1, 0.15) is 5.82 Å². The lowest BCUT2D eigenvalue weighted by Crippen LogP contribution is -2.51. The van der Waals surface area contributed by atoms with Crippen molar-refractivity contribution in [1.82, 2.24) is 9.80 Å². The van der Waals surface area contributed by atoms with Gasteiger partial charge in [-0.2, -0.15) is 0 Å². The lowest BCUT2D eigenvalue weighted by molar-refractivity contribution is -0.384. The second-order valence-corrected chi connectivity index (χ2v) is 6.28. The highest BCUT2D eigenvalue weighted by atomic mass is 19.1. The Labute approximate surface area is 155 Å². The quantitative estimate of drug-likeness (QED) is 0.610. The molecule has 2 amide bonds. The molecule has 0 N–H and O–H groups in total. The number of carbonyl (C=O) groups is 2. The van der Waals surface area contributed by atoms with Crippen molar-refractivity contribution in [3.63, 3.8) is 0 Å². The molecule has 7 nitrogen and oxygen atoms in total. The molecule has 0 unspecified atom stereocenters. The summed E-state index contributed by atoms with van der Waals surface area (Å²) in [7, 11) is 0. The van der Waals surface area contributed by atoms with Crippen molar-refractivity contribution < 1.29 is 18.9 Å². The van der Waals surface area contributed by atoms with E-state index < -0.39 is 4.92 Å². The molecule has 2 aromatic carbocycles. The Morgan fingerprint density at radius 2 is 1.48 bits per heavy atom. The van der Waals surface area contributed by atoms with Gasteiger partial charge in [-0.3, -0.25) is 19.7 Å². The second kappa shape index (κ2) is 7.94. The second-order valence-electron chi connectivity index (χ2n) is 6.28. The molecule has 0 bridgehead atoms. The predicted octanol–water partition coefficient (Wildman–Crippen LogP) is 2.26. The number of rotatable bonds is 4. The molecule has 2 aromatic rings. The Kier molecular flexibility index (Phi) is 5.44. The van der Waals surface area contributed by atoms with Crippen molar-refractivity contribution in [2.45, 2.75) is 6.42 Å². The molecule has 0 spiro atoms. The number of halogens is 1. The van der Waals surface area contributed by atoms with Gasteiger partial charge in [0, 0.05) is 43.9 Å². The van der Waals surface area contributed by atoms with Gasteiger partial charge in [0.2, 0.25) is 5.91 Å². The first-order valence-corrected chi connectivity index (χ1v) is 8.50. The third-order valence-corrected chi connectivity index (χ3v) is 4.51. The van der Waals surface area contributed by atoms with E-state index in [-0.39, 0.29) is 29.7 Å². The third-order valence-electron chi connectivity index (χ3n) is 4.51. The normalized spacial score (nSPS) is 14.1. The van der Waals surface area contributed by atoms with Crippen LogP contribution in [-0.4, -0.2) is 52.7 Å². The van der Waals surface area contributed by atoms with Crippen LogP contribution in [0.3, 0.4) is 0 Å². The number of benzene rings is 2. The average Bonchev–Trinajstić information content (AvgIpc) is 2.69. The largest absolute Gasteiger partial charge is 0.339 e. The number of hydrogen-bond acceptors (Lipinski definition) is 4. The fourth-order valence-electron chi connectivity index (χ4n) is 2.96. The fraction of sp³-hybridized carbons (Fsp3) is 0.263. The highest BCUT2D eigenvalue weighted by Gasteiger charge is 2.25. The van der Waals surface area contributed by atoms with E-state index >= 15 is 0 Å². The molecule has 8 heteroatoms. The maximum atomic E-state index is 12.9. The summed E-state index contributed by atoms with van der Waals surface area (Å²) >= 11 is 0. The van der Waals surface area contributed by atoms with Gasteiger partial charge in [-0.15, -0.1) is 0 Å². The molecular weight excluding hydrogens is 353 g/mol. The van der Waals surface area contributed by atoms with E-state index in [1.54, 1.807) is 21.9 Å². The summed E-state index contributed by atoms with van der Waals surface area (Å²) in [6, 6.07) is 11.3. The minimum absolute atomic E-state index is 0.0657. The first-order chi connectivity index (χ1) is 12.9. The zero-order chi connectivity index (χ0) is 19.4. The van der Waals surface area contributed by atoms with E-state index in [2.05, 4.69) is 0 Å². The van der Waals surface area contributed by atoms with Crippen LogP contribution in [0.25, 0.3) is 0 Å². The lowest BCUT2D eigenvalue weighted by Gasteiger charge is -2.35. The molecule has 1 saturated heterocycles. The number of hydrogen-bond donors (Lipinski definition) is 0. The van der Waals surface area contributed by atoms with Crippen LogP contribution >= 0.6 is 0 Å². The van der Waals surface area contributed by atoms with Crippen molar-refractivity contribution in [2.24, 2.45) is 0 Å². The summed E-state index contributed by atoms with van der Waals surface area (Å²) in [6.45, 7) is 1.62. The van der Waals surface area contributed by atoms with E-state index in [4.69, 9.17) is 0 Å². The summed E-state index contributed by atoms with van der Waals surface area (Å²) in [5.41, 5.74) is 1.06. The first kappa shape index (κ1) is 18.5. The predicted molar refractivity (Wildman–Crippen MR) is 95.7 cm³/mol. The van der Waals surface area contributed by atoms with E-state index in [1.165, 1.54) is 36.4 Å². The molecule has 0 aliphatic carbocycles. The SMILES string of the molecule is O=C(Cc1ccc(F)cc1)N1CCN(C(=O)c2ccc([N+](=O)[O-])cc2)CC1. The molecule has 1 aliphatic rings. The number of nitrogens with zero attached hydrogens (tertiary/aromatic N) is 3. The van der Waals surface area contributed by atoms with Gasteiger partial charge in [0.25, 0.3) is 11.6 Å². The zero-order valence-electron chi connectivity index (χ0n) is 14.5. The number of carbonyl (C=O) groups excluding carboxylic acids is 2. The molecule has 3 rings (SSSR count). The van der Waals surface area contributed by atoms with Crippen LogP contribution in [0.15, 0.2) is 48.5 Å². The van der Waals surface area contributed by atoms with Gasteiger partial charge in [-0.25, -0.2) is 4.39 Å². The smallest absolute Gasteiger partial charge is 0.269 e. The van der Waals surface area contributed by atoms with Crippen LogP contribution in [0.4, 0.5) is 10.1 Å². The maximum absolute atomic E-state index is 12.9. The monoisotopic (exact) mass is 371 g/mol. The average molecular weight is 371 g/mol. The van der Waals surface area contributed by atoms with Gasteiger partial charge >= 0.3 is 0 Å². The van der Waals surface area contributed by atoms with Crippen LogP contribution in [0.1, 0.15) is 15.9 Å². The molecule has 1 heterocycles. The minimum atomic E-state index is -0.514. The number of piperazine rings is 1. The fourth-order valence-corrected chi connectivity index (χ4v) is 2.96. The summed E-state index contributed by atoms with van der Waals surface area (Å²) in [4.78, 5) is 38.3. The Morgan fingerprint density at radius 3 is 2.04 bits per heavy atom. The highest BCUT2D eigenvalue weighted by molar-refractivity contribution is 5.94. The number of nitro groups is 1. The summed E-state index contributed by atoms with van der Waals surface area (Å²) < 4.78 is 12.9. The van der Waals surface area contributed by atoms with Crippen molar-refractivity contribution >= 4 is 17.5 Å². The summed E-state index contributed by atoms with van der Waals surface area (Å²) in [5.74, 6) is -0.621. The molecule has 0 saturated carbocycles. The Morgan fingerprint density at radius 1 is 0.926 bits per heavy atom. The number of non-ortho nitro benzene ring substituents is 1. The summed E-state index contributed by atoms with van der Waals surface area (Å²) in [6.07, 6.45) is 0.191. The van der Waals surface area contributed by atoms with Crippen LogP contribution < -0.4 is 0 Å². The third kappa shape index (κ3) is 4.46. The van der Waals surface area contributed by atoms with E-state index in [0.717, 1.165) is 5.56 Å². The molecular formula is C19H18FN3O4. The Balaban J connectivity index is 1.54. The van der Waals surface area contributed by atoms with E-state index in [9.17, 15) is 24.1 Å². The van der Waals surface area contributed by atoms with E-state index in [0.29, 0.717) is 31.7 Å². The number of amides is 2. The van der Waals surface area contributed by atoms with E-state index in [1.807, 2.05) is 0 Å². The van der Waals surface area contributed by atoms with Crippen LogP contribution in [0, 0.1) is 15.9 Å². The standard InChI is InChI=1S/C19H18FN3O4/c20-16-5-1-14(2-6-16)13-18(24)21-9-11-22(12-10-21)19(25)15-3-7-17(8-4-15)23(26)27/h1-8H,9-13H2. The zero-order valence-corrected chi connectivity index (χ0v) is 14.5. The number of nitro benzene ring substituents is 1. The molecule has 140 valence electrons. The first-order valence-electron chi connectivity index (χ1n) is 8.50. The Bertz CT molecular complexity index is 844.